The third-order valence-electron chi connectivity index (χ3n) is 9.82. The van der Waals surface area contributed by atoms with Crippen molar-refractivity contribution in [2.24, 2.45) is 7.05 Å². The molecule has 4 amide bonds. The molecule has 7 rings (SSSR count). The van der Waals surface area contributed by atoms with Crippen LogP contribution in [0, 0.1) is 0 Å². The normalized spacial score (nSPS) is 23.9. The zero-order valence-corrected chi connectivity index (χ0v) is 27.8. The minimum Gasteiger partial charge on any atom is -0.379 e. The minimum atomic E-state index is -0.961. The first-order valence-electron chi connectivity index (χ1n) is 15.9. The van der Waals surface area contributed by atoms with Crippen molar-refractivity contribution in [1.82, 2.24) is 29.8 Å². The Morgan fingerprint density at radius 1 is 0.894 bits per heavy atom. The summed E-state index contributed by atoms with van der Waals surface area (Å²) in [7, 11) is 3.75. The average molecular weight is 703 g/mol. The van der Waals surface area contributed by atoms with Crippen LogP contribution in [0.3, 0.4) is 0 Å². The van der Waals surface area contributed by atoms with Crippen LogP contribution >= 0.6 is 15.9 Å². The van der Waals surface area contributed by atoms with E-state index in [0.29, 0.717) is 27.2 Å². The van der Waals surface area contributed by atoms with Gasteiger partial charge in [-0.15, -0.1) is 0 Å². The Hall–Kier alpha value is -4.20. The van der Waals surface area contributed by atoms with Crippen molar-refractivity contribution in [3.05, 3.63) is 91.3 Å². The van der Waals surface area contributed by atoms with E-state index in [1.54, 1.807) is 25.4 Å². The van der Waals surface area contributed by atoms with Crippen LogP contribution in [0.2, 0.25) is 0 Å². The maximum Gasteiger partial charge on any atom is 0.282 e. The van der Waals surface area contributed by atoms with Gasteiger partial charge in [-0.1, -0.05) is 30.3 Å². The first-order chi connectivity index (χ1) is 22.5. The number of piperidine rings is 2. The molecule has 4 aliphatic heterocycles. The number of carbonyl (C=O) groups excluding carboxylic acids is 4. The molecular weight excluding hydrogens is 666 g/mol. The maximum atomic E-state index is 13.2. The molecule has 47 heavy (non-hydrogen) atoms. The van der Waals surface area contributed by atoms with E-state index in [4.69, 9.17) is 0 Å². The van der Waals surface area contributed by atoms with Gasteiger partial charge >= 0.3 is 0 Å². The number of anilines is 1. The Kier molecular flexibility index (Phi) is 8.31. The summed E-state index contributed by atoms with van der Waals surface area (Å²) in [6.07, 6.45) is 2.87. The fourth-order valence-electron chi connectivity index (χ4n) is 7.30. The monoisotopic (exact) mass is 701 g/mol. The van der Waals surface area contributed by atoms with Gasteiger partial charge in [-0.3, -0.25) is 39.1 Å². The molecular formula is C34H36BrN7O5. The van der Waals surface area contributed by atoms with E-state index in [1.165, 1.54) is 15.8 Å². The number of amides is 4. The Morgan fingerprint density at radius 3 is 2.36 bits per heavy atom. The number of aryl methyl sites for hydroxylation is 1. The Labute approximate surface area is 280 Å². The summed E-state index contributed by atoms with van der Waals surface area (Å²) >= 11 is 3.42. The molecule has 0 spiro atoms. The maximum absolute atomic E-state index is 13.2. The summed E-state index contributed by atoms with van der Waals surface area (Å²) in [5.41, 5.74) is 4.71. The summed E-state index contributed by atoms with van der Waals surface area (Å²) in [5, 5.41) is 9.91. The van der Waals surface area contributed by atoms with Crippen LogP contribution in [-0.4, -0.2) is 93.4 Å². The highest BCUT2D eigenvalue weighted by Crippen LogP contribution is 2.34. The average Bonchev–Trinajstić information content (AvgIpc) is 3.27. The first-order valence-corrected chi connectivity index (χ1v) is 16.7. The first kappa shape index (κ1) is 31.4. The number of halogens is 1. The lowest BCUT2D eigenvalue weighted by atomic mass is 9.87. The molecule has 4 aliphatic rings. The highest BCUT2D eigenvalue weighted by molar-refractivity contribution is 9.10. The number of hydrogen-bond donors (Lipinski definition) is 2. The van der Waals surface area contributed by atoms with Crippen molar-refractivity contribution in [1.29, 1.82) is 0 Å². The predicted molar refractivity (Wildman–Crippen MR) is 177 cm³/mol. The van der Waals surface area contributed by atoms with Crippen LogP contribution in [0.1, 0.15) is 68.5 Å². The third kappa shape index (κ3) is 6.03. The minimum absolute atomic E-state index is 0.0981. The molecule has 12 nitrogen and oxygen atoms in total. The zero-order chi connectivity index (χ0) is 33.0. The van der Waals surface area contributed by atoms with E-state index < -0.39 is 23.8 Å². The molecule has 3 fully saturated rings. The van der Waals surface area contributed by atoms with Crippen molar-refractivity contribution < 1.29 is 19.2 Å². The third-order valence-corrected chi connectivity index (χ3v) is 10.6. The number of likely N-dealkylation sites (tertiary alicyclic amines) is 2. The topological polar surface area (TPSA) is 137 Å². The molecule has 2 aromatic carbocycles. The quantitative estimate of drug-likeness (QED) is 0.356. The highest BCUT2D eigenvalue weighted by Gasteiger charge is 2.45. The second-order valence-electron chi connectivity index (χ2n) is 13.2. The van der Waals surface area contributed by atoms with Crippen molar-refractivity contribution in [3.63, 3.8) is 0 Å². The molecule has 0 radical (unpaired) electrons. The lowest BCUT2D eigenvalue weighted by molar-refractivity contribution is -0.136. The Balaban J connectivity index is 0.945. The van der Waals surface area contributed by atoms with E-state index in [-0.39, 0.29) is 36.3 Å². The zero-order valence-electron chi connectivity index (χ0n) is 26.2. The van der Waals surface area contributed by atoms with Gasteiger partial charge in [-0.2, -0.15) is 5.10 Å². The van der Waals surface area contributed by atoms with Crippen molar-refractivity contribution in [2.75, 3.05) is 38.5 Å². The molecule has 2 N–H and O–H groups in total. The molecule has 3 saturated heterocycles. The molecule has 1 unspecified atom stereocenters. The van der Waals surface area contributed by atoms with Crippen molar-refractivity contribution in [3.8, 4) is 0 Å². The number of benzene rings is 2. The summed E-state index contributed by atoms with van der Waals surface area (Å²) in [6.45, 7) is 4.34. The molecule has 3 aromatic rings. The van der Waals surface area contributed by atoms with E-state index in [0.717, 1.165) is 49.6 Å². The van der Waals surface area contributed by atoms with Gasteiger partial charge in [-0.25, -0.2) is 4.68 Å². The van der Waals surface area contributed by atoms with Crippen molar-refractivity contribution >= 4 is 45.2 Å². The summed E-state index contributed by atoms with van der Waals surface area (Å²) in [5.74, 6) is -1.35. The van der Waals surface area contributed by atoms with E-state index in [9.17, 15) is 24.0 Å². The van der Waals surface area contributed by atoms with Gasteiger partial charge in [0.25, 0.3) is 17.4 Å². The molecule has 1 aromatic heterocycles. The Bertz CT molecular complexity index is 1840. The van der Waals surface area contributed by atoms with Gasteiger partial charge in [-0.05, 0) is 70.6 Å². The molecule has 244 valence electrons. The van der Waals surface area contributed by atoms with Crippen LogP contribution in [0.5, 0.6) is 0 Å². The molecule has 0 bridgehead atoms. The summed E-state index contributed by atoms with van der Waals surface area (Å²) < 4.78 is 1.80. The van der Waals surface area contributed by atoms with Gasteiger partial charge in [0.1, 0.15) is 10.5 Å². The van der Waals surface area contributed by atoms with Crippen molar-refractivity contribution in [2.45, 2.75) is 49.7 Å². The second-order valence-corrected chi connectivity index (χ2v) is 14.0. The number of likely N-dealkylation sites (N-methyl/N-ethyl adjacent to an activating group) is 1. The SMILES string of the molecule is CN1C[C@H](Nc2cnn(C)c(=O)c2Br)C[C@H](c2ccc(CN3CC(c4ccc5c(c4)C(=O)N(C4CCC(=O)NC4=O)C5=O)C3)cc2)C1. The summed E-state index contributed by atoms with van der Waals surface area (Å²) in [6, 6.07) is 13.5. The standard InChI is InChI=1S/C34H36BrN7O5/c1-39-15-22(11-24(18-39)37-27-13-36-40(2)34(47)30(27)35)20-5-3-19(4-6-20)14-41-16-23(17-41)21-7-8-25-26(12-21)33(46)42(32(25)45)28-9-10-29(43)38-31(28)44/h3-8,12-13,22-24,28,37H,9-11,14-18H2,1-2H3,(H,38,43,44)/t22-,24+,28?/m0/s1. The molecule has 3 atom stereocenters. The number of nitrogens with one attached hydrogen (secondary N) is 2. The number of fused-ring (bicyclic) bond motifs is 1. The van der Waals surface area contributed by atoms with Crippen LogP contribution in [-0.2, 0) is 23.2 Å². The number of hydrogen-bond acceptors (Lipinski definition) is 9. The van der Waals surface area contributed by atoms with Gasteiger partial charge in [0.15, 0.2) is 0 Å². The van der Waals surface area contributed by atoms with Gasteiger partial charge in [0, 0.05) is 58.2 Å². The number of imide groups is 2. The lowest BCUT2D eigenvalue weighted by Crippen LogP contribution is -2.54. The number of nitrogens with zero attached hydrogens (tertiary/aromatic N) is 5. The van der Waals surface area contributed by atoms with Crippen LogP contribution in [0.25, 0.3) is 0 Å². The smallest absolute Gasteiger partial charge is 0.282 e. The van der Waals surface area contributed by atoms with Gasteiger partial charge in [0.05, 0.1) is 23.0 Å². The highest BCUT2D eigenvalue weighted by atomic mass is 79.9. The number of rotatable bonds is 7. The Morgan fingerprint density at radius 2 is 1.62 bits per heavy atom. The van der Waals surface area contributed by atoms with E-state index in [1.807, 2.05) is 6.07 Å². The largest absolute Gasteiger partial charge is 0.379 e. The summed E-state index contributed by atoms with van der Waals surface area (Å²) in [4.78, 5) is 68.2. The molecule has 0 aliphatic carbocycles. The fourth-order valence-corrected chi connectivity index (χ4v) is 7.78. The van der Waals surface area contributed by atoms with Crippen LogP contribution in [0.15, 0.2) is 57.9 Å². The van der Waals surface area contributed by atoms with Gasteiger partial charge in [0.2, 0.25) is 11.8 Å². The fraction of sp³-hybridized carbons (Fsp3) is 0.412. The second kappa shape index (κ2) is 12.4. The molecule has 5 heterocycles. The predicted octanol–water partition coefficient (Wildman–Crippen LogP) is 2.44. The van der Waals surface area contributed by atoms with E-state index >= 15 is 0 Å². The van der Waals surface area contributed by atoms with Crippen LogP contribution in [0.4, 0.5) is 5.69 Å². The van der Waals surface area contributed by atoms with Gasteiger partial charge < -0.3 is 10.2 Å². The number of carbonyl (C=O) groups is 4. The molecule has 0 saturated carbocycles. The number of aromatic nitrogens is 2. The lowest BCUT2D eigenvalue weighted by Gasteiger charge is -2.40. The van der Waals surface area contributed by atoms with E-state index in [2.05, 4.69) is 72.8 Å². The van der Waals surface area contributed by atoms with Crippen LogP contribution < -0.4 is 16.2 Å². The molecule has 13 heteroatoms.